The highest BCUT2D eigenvalue weighted by molar-refractivity contribution is 6.05. The summed E-state index contributed by atoms with van der Waals surface area (Å²) in [5.74, 6) is -0.147. The molecule has 2 N–H and O–H groups in total. The zero-order valence-corrected chi connectivity index (χ0v) is 17.1. The van der Waals surface area contributed by atoms with Gasteiger partial charge >= 0.3 is 0 Å². The van der Waals surface area contributed by atoms with Crippen molar-refractivity contribution in [2.75, 3.05) is 32.5 Å². The number of aromatic nitrogens is 2. The summed E-state index contributed by atoms with van der Waals surface area (Å²) in [4.78, 5) is 32.1. The average molecular weight is 383 g/mol. The molecule has 150 valence electrons. The Bertz CT molecular complexity index is 865. The van der Waals surface area contributed by atoms with Gasteiger partial charge in [0.05, 0.1) is 5.69 Å². The fraction of sp³-hybridized carbons (Fsp3) is 0.476. The van der Waals surface area contributed by atoms with Gasteiger partial charge in [0.2, 0.25) is 0 Å². The van der Waals surface area contributed by atoms with Crippen molar-refractivity contribution in [2.24, 2.45) is 0 Å². The Morgan fingerprint density at radius 2 is 1.86 bits per heavy atom. The quantitative estimate of drug-likeness (QED) is 0.803. The van der Waals surface area contributed by atoms with Gasteiger partial charge < -0.3 is 20.1 Å². The number of amides is 2. The molecule has 0 bridgehead atoms. The number of anilines is 1. The van der Waals surface area contributed by atoms with Gasteiger partial charge in [-0.1, -0.05) is 18.2 Å². The van der Waals surface area contributed by atoms with Crippen LogP contribution in [0.5, 0.6) is 0 Å². The van der Waals surface area contributed by atoms with E-state index >= 15 is 0 Å². The van der Waals surface area contributed by atoms with Crippen LogP contribution >= 0.6 is 0 Å². The number of hydrogen-bond acceptors (Lipinski definition) is 4. The average Bonchev–Trinajstić information content (AvgIpc) is 3.04. The van der Waals surface area contributed by atoms with Crippen LogP contribution < -0.4 is 10.6 Å². The van der Waals surface area contributed by atoms with Crippen LogP contribution in [-0.2, 0) is 13.0 Å². The van der Waals surface area contributed by atoms with Crippen molar-refractivity contribution in [3.05, 3.63) is 46.5 Å². The summed E-state index contributed by atoms with van der Waals surface area (Å²) in [5.41, 5.74) is 4.03. The molecule has 28 heavy (non-hydrogen) atoms. The number of fused-ring (bicyclic) bond motifs is 1. The third-order valence-electron chi connectivity index (χ3n) is 5.10. The first-order valence-corrected chi connectivity index (χ1v) is 9.78. The molecule has 2 amide bonds. The van der Waals surface area contributed by atoms with Crippen molar-refractivity contribution in [3.8, 4) is 0 Å². The Morgan fingerprint density at radius 1 is 1.14 bits per heavy atom. The van der Waals surface area contributed by atoms with Gasteiger partial charge in [-0.15, -0.1) is 0 Å². The highest BCUT2D eigenvalue weighted by atomic mass is 16.2. The van der Waals surface area contributed by atoms with Gasteiger partial charge in [-0.3, -0.25) is 9.59 Å². The summed E-state index contributed by atoms with van der Waals surface area (Å²) in [7, 11) is 3.92. The maximum atomic E-state index is 13.0. The van der Waals surface area contributed by atoms with Crippen LogP contribution in [-0.4, -0.2) is 53.5 Å². The maximum absolute atomic E-state index is 13.0. The summed E-state index contributed by atoms with van der Waals surface area (Å²) >= 11 is 0. The van der Waals surface area contributed by atoms with E-state index in [0.29, 0.717) is 18.1 Å². The highest BCUT2D eigenvalue weighted by Gasteiger charge is 2.27. The molecule has 1 aromatic heterocycles. The fourth-order valence-electron chi connectivity index (χ4n) is 3.55. The van der Waals surface area contributed by atoms with E-state index in [1.54, 1.807) is 0 Å². The molecule has 0 spiro atoms. The van der Waals surface area contributed by atoms with E-state index in [9.17, 15) is 9.59 Å². The van der Waals surface area contributed by atoms with Crippen LogP contribution in [0, 0.1) is 13.8 Å². The molecule has 0 atom stereocenters. The predicted molar refractivity (Wildman–Crippen MR) is 110 cm³/mol. The van der Waals surface area contributed by atoms with E-state index in [2.05, 4.69) is 15.6 Å². The van der Waals surface area contributed by atoms with E-state index in [4.69, 9.17) is 0 Å². The van der Waals surface area contributed by atoms with Gasteiger partial charge in [0.15, 0.2) is 11.5 Å². The summed E-state index contributed by atoms with van der Waals surface area (Å²) in [5, 5.41) is 5.91. The Labute approximate surface area is 166 Å². The third-order valence-corrected chi connectivity index (χ3v) is 5.10. The molecule has 1 aromatic carbocycles. The third kappa shape index (κ3) is 4.25. The number of carbonyl (C=O) groups excluding carboxylic acids is 2. The smallest absolute Gasteiger partial charge is 0.287 e. The van der Waals surface area contributed by atoms with E-state index in [-0.39, 0.29) is 11.8 Å². The molecule has 0 radical (unpaired) electrons. The van der Waals surface area contributed by atoms with Gasteiger partial charge in [0.1, 0.15) is 0 Å². The molecule has 0 unspecified atom stereocenters. The van der Waals surface area contributed by atoms with E-state index in [0.717, 1.165) is 54.9 Å². The van der Waals surface area contributed by atoms with Crippen LogP contribution in [0.1, 0.15) is 50.8 Å². The number of aryl methyl sites for hydroxylation is 2. The van der Waals surface area contributed by atoms with Gasteiger partial charge in [-0.2, -0.15) is 0 Å². The number of likely N-dealkylation sites (N-methyl/N-ethyl adjacent to an activating group) is 1. The lowest BCUT2D eigenvalue weighted by Gasteiger charge is -2.17. The highest BCUT2D eigenvalue weighted by Crippen LogP contribution is 2.24. The van der Waals surface area contributed by atoms with E-state index < -0.39 is 0 Å². The Balaban J connectivity index is 1.86. The Hall–Kier alpha value is -2.67. The molecular formula is C21H29N5O2. The molecule has 0 aliphatic carbocycles. The number of nitrogens with one attached hydrogen (secondary N) is 2. The number of imidazole rings is 1. The zero-order chi connectivity index (χ0) is 20.3. The molecular weight excluding hydrogens is 354 g/mol. The van der Waals surface area contributed by atoms with Crippen LogP contribution in [0.3, 0.4) is 0 Å². The maximum Gasteiger partial charge on any atom is 0.287 e. The van der Waals surface area contributed by atoms with Crippen LogP contribution in [0.4, 0.5) is 5.69 Å². The van der Waals surface area contributed by atoms with Gasteiger partial charge in [0, 0.05) is 25.3 Å². The number of carbonyl (C=O) groups is 2. The van der Waals surface area contributed by atoms with Crippen LogP contribution in [0.2, 0.25) is 0 Å². The number of hydrogen-bond donors (Lipinski definition) is 2. The van der Waals surface area contributed by atoms with Crippen molar-refractivity contribution in [3.63, 3.8) is 0 Å². The minimum absolute atomic E-state index is 0.226. The lowest BCUT2D eigenvalue weighted by molar-refractivity contribution is 0.0935. The predicted octanol–water partition coefficient (Wildman–Crippen LogP) is 2.38. The van der Waals surface area contributed by atoms with E-state index in [1.807, 2.05) is 55.6 Å². The summed E-state index contributed by atoms with van der Waals surface area (Å²) < 4.78 is 1.91. The molecule has 7 heteroatoms. The van der Waals surface area contributed by atoms with Crippen molar-refractivity contribution in [2.45, 2.75) is 39.7 Å². The van der Waals surface area contributed by atoms with Crippen molar-refractivity contribution in [1.29, 1.82) is 0 Å². The lowest BCUT2D eigenvalue weighted by Crippen LogP contribution is -2.33. The topological polar surface area (TPSA) is 79.3 Å². The standard InChI is InChI=1S/C21H29N5O2/c1-14-8-7-9-15(2)17(14)24-20(27)18-16-10-5-6-12-26(16)19(23-18)21(28)22-11-13-25(3)4/h7-9H,5-6,10-13H2,1-4H3,(H,22,28)(H,24,27). The molecule has 1 aliphatic rings. The molecule has 2 heterocycles. The SMILES string of the molecule is Cc1cccc(C)c1NC(=O)c1nc(C(=O)NCCN(C)C)n2c1CCCC2. The van der Waals surface area contributed by atoms with E-state index in [1.165, 1.54) is 0 Å². The zero-order valence-electron chi connectivity index (χ0n) is 17.1. The second-order valence-corrected chi connectivity index (χ2v) is 7.62. The first-order chi connectivity index (χ1) is 13.4. The Kier molecular flexibility index (Phi) is 6.14. The minimum Gasteiger partial charge on any atom is -0.348 e. The normalized spacial score (nSPS) is 13.3. The molecule has 1 aliphatic heterocycles. The fourth-order valence-corrected chi connectivity index (χ4v) is 3.55. The number of benzene rings is 1. The van der Waals surface area contributed by atoms with Gasteiger partial charge in [-0.05, 0) is 58.3 Å². The number of para-hydroxylation sites is 1. The molecule has 0 saturated carbocycles. The van der Waals surface area contributed by atoms with Crippen LogP contribution in [0.15, 0.2) is 18.2 Å². The Morgan fingerprint density at radius 3 is 2.54 bits per heavy atom. The van der Waals surface area contributed by atoms with Crippen molar-refractivity contribution >= 4 is 17.5 Å². The first kappa shape index (κ1) is 20.1. The molecule has 0 fully saturated rings. The van der Waals surface area contributed by atoms with Gasteiger partial charge in [-0.25, -0.2) is 4.98 Å². The number of rotatable bonds is 6. The molecule has 0 saturated heterocycles. The molecule has 7 nitrogen and oxygen atoms in total. The van der Waals surface area contributed by atoms with Crippen molar-refractivity contribution in [1.82, 2.24) is 19.8 Å². The lowest BCUT2D eigenvalue weighted by atomic mass is 10.1. The summed E-state index contributed by atoms with van der Waals surface area (Å²) in [6, 6.07) is 5.90. The second-order valence-electron chi connectivity index (χ2n) is 7.62. The summed E-state index contributed by atoms with van der Waals surface area (Å²) in [6.07, 6.45) is 2.74. The summed E-state index contributed by atoms with van der Waals surface area (Å²) in [6.45, 7) is 5.94. The van der Waals surface area contributed by atoms with Crippen molar-refractivity contribution < 1.29 is 9.59 Å². The van der Waals surface area contributed by atoms with Crippen LogP contribution in [0.25, 0.3) is 0 Å². The largest absolute Gasteiger partial charge is 0.348 e. The minimum atomic E-state index is -0.254. The molecule has 3 rings (SSSR count). The first-order valence-electron chi connectivity index (χ1n) is 9.78. The second kappa shape index (κ2) is 8.56. The monoisotopic (exact) mass is 383 g/mol. The van der Waals surface area contributed by atoms with Gasteiger partial charge in [0.25, 0.3) is 11.8 Å². The number of nitrogens with zero attached hydrogens (tertiary/aromatic N) is 3. The molecule has 2 aromatic rings.